The van der Waals surface area contributed by atoms with Crippen LogP contribution in [0.15, 0.2) is 48.5 Å². The van der Waals surface area contributed by atoms with E-state index in [0.717, 1.165) is 11.1 Å². The number of fused-ring (bicyclic) bond motifs is 1. The number of aromatic nitrogens is 2. The Balaban J connectivity index is 1.78. The number of nitrogens with zero attached hydrogens (tertiary/aromatic N) is 2. The van der Waals surface area contributed by atoms with Crippen LogP contribution in [0.4, 0.5) is 0 Å². The lowest BCUT2D eigenvalue weighted by Crippen LogP contribution is -2.38. The summed E-state index contributed by atoms with van der Waals surface area (Å²) in [4.78, 5) is 17.1. The summed E-state index contributed by atoms with van der Waals surface area (Å²) in [5, 5.41) is 3.00. The maximum atomic E-state index is 12.7. The Kier molecular flexibility index (Phi) is 5.80. The molecule has 1 heterocycles. The minimum absolute atomic E-state index is 0.0231. The highest BCUT2D eigenvalue weighted by Crippen LogP contribution is 2.23. The third kappa shape index (κ3) is 5.23. The third-order valence-electron chi connectivity index (χ3n) is 4.95. The van der Waals surface area contributed by atoms with Crippen molar-refractivity contribution >= 4 is 26.8 Å². The molecular weight excluding hydrogens is 386 g/mol. The molecule has 0 radical (unpaired) electrons. The van der Waals surface area contributed by atoms with E-state index in [2.05, 4.69) is 36.3 Å². The summed E-state index contributed by atoms with van der Waals surface area (Å²) in [5.41, 5.74) is 3.54. The second kappa shape index (κ2) is 7.99. The molecule has 0 aliphatic heterocycles. The molecular formula is C22H27N3O3S. The van der Waals surface area contributed by atoms with Gasteiger partial charge in [-0.1, -0.05) is 55.8 Å². The van der Waals surface area contributed by atoms with Gasteiger partial charge in [-0.25, -0.2) is 13.4 Å². The number of carbonyl (C=O) groups is 1. The zero-order chi connectivity index (χ0) is 21.2. The van der Waals surface area contributed by atoms with E-state index in [4.69, 9.17) is 0 Å². The molecule has 0 aliphatic rings. The van der Waals surface area contributed by atoms with Gasteiger partial charge >= 0.3 is 0 Å². The van der Waals surface area contributed by atoms with E-state index in [9.17, 15) is 13.2 Å². The summed E-state index contributed by atoms with van der Waals surface area (Å²) in [6, 6.07) is 15.6. The van der Waals surface area contributed by atoms with Gasteiger partial charge in [-0.2, -0.15) is 0 Å². The molecule has 6 nitrogen and oxygen atoms in total. The van der Waals surface area contributed by atoms with Crippen molar-refractivity contribution in [2.24, 2.45) is 0 Å². The fourth-order valence-corrected chi connectivity index (χ4v) is 4.02. The molecule has 3 rings (SSSR count). The highest BCUT2D eigenvalue weighted by atomic mass is 32.2. The van der Waals surface area contributed by atoms with E-state index in [0.29, 0.717) is 17.9 Å². The number of benzene rings is 2. The Morgan fingerprint density at radius 3 is 2.55 bits per heavy atom. The van der Waals surface area contributed by atoms with Crippen LogP contribution in [0.2, 0.25) is 0 Å². The highest BCUT2D eigenvalue weighted by Gasteiger charge is 2.22. The highest BCUT2D eigenvalue weighted by molar-refractivity contribution is 7.89. The average molecular weight is 414 g/mol. The molecule has 0 spiro atoms. The minimum Gasteiger partial charge on any atom is -0.354 e. The van der Waals surface area contributed by atoms with E-state index >= 15 is 0 Å². The normalized spacial score (nSPS) is 12.3. The van der Waals surface area contributed by atoms with Gasteiger partial charge in [0.2, 0.25) is 5.91 Å². The van der Waals surface area contributed by atoms with Gasteiger partial charge in [0, 0.05) is 18.2 Å². The van der Waals surface area contributed by atoms with Crippen molar-refractivity contribution in [2.75, 3.05) is 12.8 Å². The third-order valence-corrected chi connectivity index (χ3v) is 5.74. The number of hydrogen-bond donors (Lipinski definition) is 1. The van der Waals surface area contributed by atoms with E-state index in [-0.39, 0.29) is 23.6 Å². The monoisotopic (exact) mass is 413 g/mol. The van der Waals surface area contributed by atoms with Crippen LogP contribution >= 0.6 is 0 Å². The van der Waals surface area contributed by atoms with Gasteiger partial charge in [-0.15, -0.1) is 0 Å². The molecule has 0 saturated carbocycles. The first-order valence-electron chi connectivity index (χ1n) is 9.51. The number of sulfone groups is 1. The van der Waals surface area contributed by atoms with Crippen LogP contribution in [0.25, 0.3) is 11.0 Å². The summed E-state index contributed by atoms with van der Waals surface area (Å²) in [5.74, 6) is -0.00515. The van der Waals surface area contributed by atoms with Gasteiger partial charge in [0.25, 0.3) is 0 Å². The molecule has 1 amide bonds. The number of imidazole rings is 1. The number of hydrogen-bond acceptors (Lipinski definition) is 4. The predicted molar refractivity (Wildman–Crippen MR) is 115 cm³/mol. The lowest BCUT2D eigenvalue weighted by Gasteiger charge is -2.26. The van der Waals surface area contributed by atoms with E-state index in [1.807, 2.05) is 43.3 Å². The minimum atomic E-state index is -3.27. The SMILES string of the molecule is Cc1cccc(C(C)(C)CNC(=O)Cn2c(CS(C)(=O)=O)nc3ccccc32)c1. The summed E-state index contributed by atoms with van der Waals surface area (Å²) in [6.07, 6.45) is 1.17. The van der Waals surface area contributed by atoms with Crippen LogP contribution in [0.5, 0.6) is 0 Å². The van der Waals surface area contributed by atoms with Crippen molar-refractivity contribution in [2.45, 2.75) is 38.5 Å². The predicted octanol–water partition coefficient (Wildman–Crippen LogP) is 2.98. The number of nitrogens with one attached hydrogen (secondary N) is 1. The Morgan fingerprint density at radius 1 is 1.14 bits per heavy atom. The van der Waals surface area contributed by atoms with Gasteiger partial charge in [-0.05, 0) is 24.6 Å². The van der Waals surface area contributed by atoms with Crippen LogP contribution in [0.1, 0.15) is 30.8 Å². The number of para-hydroxylation sites is 2. The zero-order valence-electron chi connectivity index (χ0n) is 17.3. The van der Waals surface area contributed by atoms with Crippen LogP contribution in [-0.2, 0) is 32.3 Å². The quantitative estimate of drug-likeness (QED) is 0.646. The summed E-state index contributed by atoms with van der Waals surface area (Å²) >= 11 is 0. The van der Waals surface area contributed by atoms with Crippen LogP contribution in [0.3, 0.4) is 0 Å². The van der Waals surface area contributed by atoms with Crippen molar-refractivity contribution in [1.82, 2.24) is 14.9 Å². The van der Waals surface area contributed by atoms with E-state index in [1.165, 1.54) is 11.8 Å². The molecule has 0 fully saturated rings. The molecule has 29 heavy (non-hydrogen) atoms. The summed E-state index contributed by atoms with van der Waals surface area (Å²) in [6.45, 7) is 6.72. The number of rotatable bonds is 7. The van der Waals surface area contributed by atoms with E-state index < -0.39 is 9.84 Å². The second-order valence-corrected chi connectivity index (χ2v) is 10.3. The van der Waals surface area contributed by atoms with Crippen molar-refractivity contribution < 1.29 is 13.2 Å². The van der Waals surface area contributed by atoms with Gasteiger partial charge in [0.05, 0.1) is 11.0 Å². The Hall–Kier alpha value is -2.67. The van der Waals surface area contributed by atoms with Crippen molar-refractivity contribution in [1.29, 1.82) is 0 Å². The lowest BCUT2D eigenvalue weighted by atomic mass is 9.84. The molecule has 0 bridgehead atoms. The van der Waals surface area contributed by atoms with Gasteiger partial charge in [0.15, 0.2) is 9.84 Å². The second-order valence-electron chi connectivity index (χ2n) is 8.20. The molecule has 0 unspecified atom stereocenters. The molecule has 154 valence electrons. The molecule has 2 aromatic carbocycles. The fourth-order valence-electron chi connectivity index (χ4n) is 3.33. The molecule has 0 saturated heterocycles. The first kappa shape index (κ1) is 21.0. The standard InChI is InChI=1S/C22H27N3O3S/c1-16-8-7-9-17(12-16)22(2,3)15-23-21(26)13-25-19-11-6-5-10-18(19)24-20(25)14-29(4,27)28/h5-12H,13-15H2,1-4H3,(H,23,26). The van der Waals surface area contributed by atoms with Crippen molar-refractivity contribution in [3.8, 4) is 0 Å². The maximum Gasteiger partial charge on any atom is 0.240 e. The lowest BCUT2D eigenvalue weighted by molar-refractivity contribution is -0.121. The molecule has 1 N–H and O–H groups in total. The topological polar surface area (TPSA) is 81.1 Å². The molecule has 3 aromatic rings. The smallest absolute Gasteiger partial charge is 0.240 e. The van der Waals surface area contributed by atoms with Crippen molar-refractivity contribution in [3.63, 3.8) is 0 Å². The number of carbonyl (C=O) groups excluding carboxylic acids is 1. The zero-order valence-corrected chi connectivity index (χ0v) is 18.1. The summed E-state index contributed by atoms with van der Waals surface area (Å²) < 4.78 is 25.3. The van der Waals surface area contributed by atoms with Crippen molar-refractivity contribution in [3.05, 3.63) is 65.5 Å². The first-order chi connectivity index (χ1) is 13.5. The molecule has 7 heteroatoms. The Labute approximate surface area is 171 Å². The van der Waals surface area contributed by atoms with Gasteiger partial charge < -0.3 is 9.88 Å². The average Bonchev–Trinajstić information content (AvgIpc) is 2.95. The van der Waals surface area contributed by atoms with Gasteiger partial charge in [-0.3, -0.25) is 4.79 Å². The largest absolute Gasteiger partial charge is 0.354 e. The number of amides is 1. The number of aryl methyl sites for hydroxylation is 1. The Morgan fingerprint density at radius 2 is 1.86 bits per heavy atom. The molecule has 0 atom stereocenters. The summed E-state index contributed by atoms with van der Waals surface area (Å²) in [7, 11) is -3.27. The molecule has 0 aliphatic carbocycles. The van der Waals surface area contributed by atoms with Crippen LogP contribution < -0.4 is 5.32 Å². The molecule has 1 aromatic heterocycles. The maximum absolute atomic E-state index is 12.7. The Bertz CT molecular complexity index is 1150. The van der Waals surface area contributed by atoms with Crippen LogP contribution in [-0.4, -0.2) is 36.7 Å². The first-order valence-corrected chi connectivity index (χ1v) is 11.6. The van der Waals surface area contributed by atoms with Crippen LogP contribution in [0, 0.1) is 6.92 Å². The van der Waals surface area contributed by atoms with Gasteiger partial charge in [0.1, 0.15) is 18.1 Å². The fraction of sp³-hybridized carbons (Fsp3) is 0.364. The van der Waals surface area contributed by atoms with E-state index in [1.54, 1.807) is 4.57 Å².